The van der Waals surface area contributed by atoms with Gasteiger partial charge in [0.15, 0.2) is 0 Å². The Kier molecular flexibility index (Phi) is 5.11. The second-order valence-corrected chi connectivity index (χ2v) is 6.17. The highest BCUT2D eigenvalue weighted by atomic mass is 19.3. The molecule has 2 aromatic heterocycles. The highest BCUT2D eigenvalue weighted by Crippen LogP contribution is 2.26. The van der Waals surface area contributed by atoms with Crippen molar-refractivity contribution >= 4 is 22.5 Å². The lowest BCUT2D eigenvalue weighted by Crippen LogP contribution is -2.13. The molecule has 0 radical (unpaired) electrons. The number of aromatic nitrogens is 2. The molecule has 0 aliphatic rings. The molecule has 0 aliphatic heterocycles. The number of hydrogen-bond acceptors (Lipinski definition) is 4. The maximum atomic E-state index is 13.0. The van der Waals surface area contributed by atoms with E-state index in [9.17, 15) is 13.6 Å². The average Bonchev–Trinajstić information content (AvgIpc) is 2.74. The van der Waals surface area contributed by atoms with Crippen LogP contribution < -0.4 is 10.1 Å². The molecule has 0 atom stereocenters. The van der Waals surface area contributed by atoms with Crippen LogP contribution in [0.5, 0.6) is 5.75 Å². The van der Waals surface area contributed by atoms with Crippen molar-refractivity contribution in [1.29, 1.82) is 0 Å². The fourth-order valence-electron chi connectivity index (χ4n) is 2.95. The number of benzene rings is 2. The molecule has 29 heavy (non-hydrogen) atoms. The first-order valence-electron chi connectivity index (χ1n) is 8.76. The van der Waals surface area contributed by atoms with Gasteiger partial charge in [-0.05, 0) is 48.5 Å². The zero-order valence-electron chi connectivity index (χ0n) is 15.0. The van der Waals surface area contributed by atoms with Crippen LogP contribution in [0.25, 0.3) is 22.2 Å². The Morgan fingerprint density at radius 3 is 2.41 bits per heavy atom. The lowest BCUT2D eigenvalue weighted by Gasteiger charge is -2.11. The van der Waals surface area contributed by atoms with Gasteiger partial charge in [-0.25, -0.2) is 4.98 Å². The van der Waals surface area contributed by atoms with E-state index in [0.29, 0.717) is 27.8 Å². The summed E-state index contributed by atoms with van der Waals surface area (Å²) in [5.41, 5.74) is 3.09. The van der Waals surface area contributed by atoms with Gasteiger partial charge in [0.25, 0.3) is 5.91 Å². The van der Waals surface area contributed by atoms with Crippen molar-refractivity contribution < 1.29 is 18.3 Å². The van der Waals surface area contributed by atoms with Crippen LogP contribution in [0.15, 0.2) is 79.1 Å². The summed E-state index contributed by atoms with van der Waals surface area (Å²) in [6.45, 7) is -2.90. The van der Waals surface area contributed by atoms with Crippen LogP contribution >= 0.6 is 0 Å². The lowest BCUT2D eigenvalue weighted by atomic mass is 10.0. The minimum absolute atomic E-state index is 0.0207. The Balaban J connectivity index is 1.68. The number of fused-ring (bicyclic) bond motifs is 1. The monoisotopic (exact) mass is 391 g/mol. The van der Waals surface area contributed by atoms with Gasteiger partial charge in [-0.1, -0.05) is 18.2 Å². The average molecular weight is 391 g/mol. The van der Waals surface area contributed by atoms with Crippen LogP contribution in [0.4, 0.5) is 14.5 Å². The summed E-state index contributed by atoms with van der Waals surface area (Å²) in [4.78, 5) is 21.6. The van der Waals surface area contributed by atoms with Crippen molar-refractivity contribution in [3.05, 3.63) is 84.7 Å². The van der Waals surface area contributed by atoms with Gasteiger partial charge in [0.1, 0.15) is 5.75 Å². The molecule has 0 aliphatic carbocycles. The molecule has 1 N–H and O–H groups in total. The van der Waals surface area contributed by atoms with Gasteiger partial charge in [0, 0.05) is 29.0 Å². The fraction of sp³-hybridized carbons (Fsp3) is 0.0455. The van der Waals surface area contributed by atoms with E-state index in [1.165, 1.54) is 24.3 Å². The van der Waals surface area contributed by atoms with E-state index in [1.807, 2.05) is 36.4 Å². The van der Waals surface area contributed by atoms with Crippen molar-refractivity contribution in [2.75, 3.05) is 5.32 Å². The molecular formula is C22H15F2N3O2. The van der Waals surface area contributed by atoms with Crippen LogP contribution in [0, 0.1) is 0 Å². The normalized spacial score (nSPS) is 10.9. The van der Waals surface area contributed by atoms with Crippen LogP contribution in [0.3, 0.4) is 0 Å². The number of para-hydroxylation sites is 1. The van der Waals surface area contributed by atoms with Gasteiger partial charge in [-0.15, -0.1) is 0 Å². The van der Waals surface area contributed by atoms with E-state index < -0.39 is 6.61 Å². The standard InChI is InChI=1S/C22H15F2N3O2/c23-22(24)29-16-7-5-15(6-8-16)26-21(28)18-13-20(14-9-11-25-12-10-14)27-19-4-2-1-3-17(18)19/h1-13,22H,(H,26,28). The largest absolute Gasteiger partial charge is 0.435 e. The summed E-state index contributed by atoms with van der Waals surface area (Å²) in [5, 5.41) is 3.50. The molecule has 2 heterocycles. The SMILES string of the molecule is O=C(Nc1ccc(OC(F)F)cc1)c1cc(-c2ccncc2)nc2ccccc12. The van der Waals surface area contributed by atoms with E-state index in [4.69, 9.17) is 0 Å². The number of rotatable bonds is 5. The molecule has 0 bridgehead atoms. The van der Waals surface area contributed by atoms with Crippen molar-refractivity contribution in [1.82, 2.24) is 9.97 Å². The van der Waals surface area contributed by atoms with Gasteiger partial charge in [-0.2, -0.15) is 8.78 Å². The molecular weight excluding hydrogens is 376 g/mol. The van der Waals surface area contributed by atoms with Gasteiger partial charge in [0.2, 0.25) is 0 Å². The molecule has 7 heteroatoms. The van der Waals surface area contributed by atoms with E-state index >= 15 is 0 Å². The van der Waals surface area contributed by atoms with Gasteiger partial charge in [0.05, 0.1) is 16.8 Å². The molecule has 0 fully saturated rings. The topological polar surface area (TPSA) is 64.1 Å². The summed E-state index contributed by atoms with van der Waals surface area (Å²) in [6, 6.07) is 18.5. The molecule has 4 aromatic rings. The molecule has 2 aromatic carbocycles. The number of pyridine rings is 2. The van der Waals surface area contributed by atoms with Crippen LogP contribution in [0.2, 0.25) is 0 Å². The second kappa shape index (κ2) is 8.02. The fourth-order valence-corrected chi connectivity index (χ4v) is 2.95. The Morgan fingerprint density at radius 1 is 0.966 bits per heavy atom. The number of hydrogen-bond donors (Lipinski definition) is 1. The summed E-state index contributed by atoms with van der Waals surface area (Å²) < 4.78 is 28.9. The Labute approximate surface area is 165 Å². The molecule has 0 saturated heterocycles. The van der Waals surface area contributed by atoms with Crippen LogP contribution in [-0.4, -0.2) is 22.5 Å². The lowest BCUT2D eigenvalue weighted by molar-refractivity contribution is -0.0498. The van der Waals surface area contributed by atoms with E-state index in [-0.39, 0.29) is 11.7 Å². The quantitative estimate of drug-likeness (QED) is 0.511. The second-order valence-electron chi connectivity index (χ2n) is 6.17. The minimum atomic E-state index is -2.90. The number of amides is 1. The Hall–Kier alpha value is -3.87. The molecule has 0 unspecified atom stereocenters. The molecule has 0 saturated carbocycles. The van der Waals surface area contributed by atoms with Crippen molar-refractivity contribution in [3.8, 4) is 17.0 Å². The van der Waals surface area contributed by atoms with Crippen molar-refractivity contribution in [2.45, 2.75) is 6.61 Å². The molecule has 0 spiro atoms. The number of nitrogens with zero attached hydrogens (tertiary/aromatic N) is 2. The third-order valence-corrected chi connectivity index (χ3v) is 4.27. The predicted molar refractivity (Wildman–Crippen MR) is 106 cm³/mol. The first kappa shape index (κ1) is 18.5. The number of anilines is 1. The van der Waals surface area contributed by atoms with E-state index in [1.54, 1.807) is 18.5 Å². The zero-order chi connectivity index (χ0) is 20.2. The highest BCUT2D eigenvalue weighted by molar-refractivity contribution is 6.13. The maximum Gasteiger partial charge on any atom is 0.387 e. The highest BCUT2D eigenvalue weighted by Gasteiger charge is 2.14. The minimum Gasteiger partial charge on any atom is -0.435 e. The predicted octanol–water partition coefficient (Wildman–Crippen LogP) is 5.15. The number of carbonyl (C=O) groups is 1. The summed E-state index contributed by atoms with van der Waals surface area (Å²) in [7, 11) is 0. The third kappa shape index (κ3) is 4.19. The summed E-state index contributed by atoms with van der Waals surface area (Å²) in [5.74, 6) is -0.311. The third-order valence-electron chi connectivity index (χ3n) is 4.27. The Bertz CT molecular complexity index is 1150. The van der Waals surface area contributed by atoms with E-state index in [0.717, 1.165) is 5.56 Å². The number of carbonyl (C=O) groups excluding carboxylic acids is 1. The number of halogens is 2. The number of ether oxygens (including phenoxy) is 1. The van der Waals surface area contributed by atoms with Crippen LogP contribution in [-0.2, 0) is 0 Å². The zero-order valence-corrected chi connectivity index (χ0v) is 15.0. The smallest absolute Gasteiger partial charge is 0.387 e. The maximum absolute atomic E-state index is 13.0. The van der Waals surface area contributed by atoms with Gasteiger partial charge >= 0.3 is 6.61 Å². The van der Waals surface area contributed by atoms with Crippen molar-refractivity contribution in [2.24, 2.45) is 0 Å². The summed E-state index contributed by atoms with van der Waals surface area (Å²) >= 11 is 0. The summed E-state index contributed by atoms with van der Waals surface area (Å²) in [6.07, 6.45) is 3.32. The van der Waals surface area contributed by atoms with E-state index in [2.05, 4.69) is 20.0 Å². The molecule has 1 amide bonds. The van der Waals surface area contributed by atoms with Gasteiger partial charge in [-0.3, -0.25) is 9.78 Å². The number of alkyl halides is 2. The van der Waals surface area contributed by atoms with Crippen molar-refractivity contribution in [3.63, 3.8) is 0 Å². The number of nitrogens with one attached hydrogen (secondary N) is 1. The molecule has 144 valence electrons. The molecule has 4 rings (SSSR count). The first-order chi connectivity index (χ1) is 14.1. The first-order valence-corrected chi connectivity index (χ1v) is 8.76. The Morgan fingerprint density at radius 2 is 1.69 bits per heavy atom. The van der Waals surface area contributed by atoms with Crippen LogP contribution in [0.1, 0.15) is 10.4 Å². The molecule has 5 nitrogen and oxygen atoms in total. The van der Waals surface area contributed by atoms with Gasteiger partial charge < -0.3 is 10.1 Å².